The molecule has 1 aliphatic rings. The third kappa shape index (κ3) is 5.47. The van der Waals surface area contributed by atoms with E-state index < -0.39 is 0 Å². The van der Waals surface area contributed by atoms with Gasteiger partial charge in [-0.05, 0) is 85.8 Å². The molecule has 0 bridgehead atoms. The summed E-state index contributed by atoms with van der Waals surface area (Å²) < 4.78 is 15.4. The molecule has 9 heteroatoms. The number of thioether (sulfide) groups is 1. The average molecular weight is 530 g/mol. The van der Waals surface area contributed by atoms with Crippen LogP contribution in [0.2, 0.25) is 0 Å². The summed E-state index contributed by atoms with van der Waals surface area (Å²) in [5, 5.41) is 12.0. The van der Waals surface area contributed by atoms with Gasteiger partial charge in [0.2, 0.25) is 5.91 Å². The molecule has 2 amide bonds. The molecule has 0 saturated carbocycles. The monoisotopic (exact) mass is 529 g/mol. The van der Waals surface area contributed by atoms with Crippen molar-refractivity contribution in [3.63, 3.8) is 0 Å². The highest BCUT2D eigenvalue weighted by atomic mass is 32.2. The van der Waals surface area contributed by atoms with Gasteiger partial charge in [-0.1, -0.05) is 36.0 Å². The number of aromatic nitrogens is 3. The molecule has 38 heavy (non-hydrogen) atoms. The van der Waals surface area contributed by atoms with Crippen LogP contribution in [0.1, 0.15) is 39.3 Å². The molecular weight excluding hydrogens is 501 g/mol. The molecule has 0 saturated heterocycles. The lowest BCUT2D eigenvalue weighted by Gasteiger charge is -2.29. The molecule has 1 aromatic heterocycles. The van der Waals surface area contributed by atoms with E-state index in [0.717, 1.165) is 29.7 Å². The van der Waals surface area contributed by atoms with Gasteiger partial charge in [0.05, 0.1) is 12.3 Å². The smallest absolute Gasteiger partial charge is 0.251 e. The first-order chi connectivity index (χ1) is 18.4. The molecule has 3 aromatic carbocycles. The number of amides is 2. The third-order valence-electron chi connectivity index (χ3n) is 6.70. The zero-order valence-corrected chi connectivity index (χ0v) is 22.1. The van der Waals surface area contributed by atoms with Crippen molar-refractivity contribution in [2.45, 2.75) is 38.4 Å². The number of carbonyl (C=O) groups excluding carboxylic acids is 2. The summed E-state index contributed by atoms with van der Waals surface area (Å²) in [7, 11) is 0. The van der Waals surface area contributed by atoms with Crippen molar-refractivity contribution in [3.8, 4) is 5.69 Å². The average Bonchev–Trinajstić information content (AvgIpc) is 3.34. The van der Waals surface area contributed by atoms with Crippen LogP contribution in [0.25, 0.3) is 5.69 Å². The minimum atomic E-state index is -0.362. The first-order valence-electron chi connectivity index (χ1n) is 12.5. The van der Waals surface area contributed by atoms with Gasteiger partial charge in [-0.25, -0.2) is 4.39 Å². The topological polar surface area (TPSA) is 80.1 Å². The number of para-hydroxylation sites is 1. The van der Waals surface area contributed by atoms with Crippen LogP contribution in [0.3, 0.4) is 0 Å². The maximum absolute atomic E-state index is 13.7. The van der Waals surface area contributed by atoms with E-state index in [1.54, 1.807) is 22.8 Å². The van der Waals surface area contributed by atoms with E-state index in [1.807, 2.05) is 49.1 Å². The first-order valence-corrected chi connectivity index (χ1v) is 13.5. The zero-order chi connectivity index (χ0) is 26.6. The van der Waals surface area contributed by atoms with Gasteiger partial charge in [0.1, 0.15) is 5.82 Å². The Morgan fingerprint density at radius 1 is 1.00 bits per heavy atom. The number of halogens is 1. The van der Waals surface area contributed by atoms with Crippen LogP contribution in [-0.2, 0) is 17.8 Å². The molecule has 1 aliphatic heterocycles. The standard InChI is InChI=1S/C29H28FN5O2S/c1-19-9-10-22(16-20(19)2)28(37)31-17-26-32-33-29(35(26)24-13-11-23(30)12-14-24)38-18-27(36)34-15-5-7-21-6-3-4-8-25(21)34/h3-4,6,8-14,16H,5,7,15,17-18H2,1-2H3,(H,31,37). The van der Waals surface area contributed by atoms with Gasteiger partial charge >= 0.3 is 0 Å². The second-order valence-corrected chi connectivity index (χ2v) is 10.2. The molecule has 0 spiro atoms. The van der Waals surface area contributed by atoms with Gasteiger partial charge in [0, 0.05) is 23.5 Å². The Bertz CT molecular complexity index is 1480. The molecule has 0 fully saturated rings. The Morgan fingerprint density at radius 2 is 1.79 bits per heavy atom. The molecule has 0 unspecified atom stereocenters. The van der Waals surface area contributed by atoms with E-state index in [9.17, 15) is 14.0 Å². The maximum Gasteiger partial charge on any atom is 0.251 e. The normalized spacial score (nSPS) is 12.8. The van der Waals surface area contributed by atoms with Crippen LogP contribution >= 0.6 is 11.8 Å². The highest BCUT2D eigenvalue weighted by Crippen LogP contribution is 2.29. The molecule has 0 radical (unpaired) electrons. The summed E-state index contributed by atoms with van der Waals surface area (Å²) in [5.41, 5.74) is 5.48. The Labute approximate surface area is 225 Å². The number of benzene rings is 3. The fourth-order valence-corrected chi connectivity index (χ4v) is 5.35. The van der Waals surface area contributed by atoms with Crippen LogP contribution < -0.4 is 10.2 Å². The molecule has 4 aromatic rings. The maximum atomic E-state index is 13.7. The SMILES string of the molecule is Cc1ccc(C(=O)NCc2nnc(SCC(=O)N3CCCc4ccccc43)n2-c2ccc(F)cc2)cc1C. The second kappa shape index (κ2) is 11.2. The summed E-state index contributed by atoms with van der Waals surface area (Å²) in [4.78, 5) is 27.8. The lowest BCUT2D eigenvalue weighted by molar-refractivity contribution is -0.116. The van der Waals surface area contributed by atoms with E-state index in [1.165, 1.54) is 29.5 Å². The summed E-state index contributed by atoms with van der Waals surface area (Å²) in [6.07, 6.45) is 1.88. The zero-order valence-electron chi connectivity index (χ0n) is 21.3. The van der Waals surface area contributed by atoms with E-state index in [0.29, 0.717) is 28.8 Å². The van der Waals surface area contributed by atoms with Crippen LogP contribution in [-0.4, -0.2) is 38.9 Å². The molecule has 2 heterocycles. The van der Waals surface area contributed by atoms with Gasteiger partial charge < -0.3 is 10.2 Å². The molecule has 194 valence electrons. The van der Waals surface area contributed by atoms with Crippen LogP contribution in [0, 0.1) is 19.7 Å². The number of rotatable bonds is 7. The fraction of sp³-hybridized carbons (Fsp3) is 0.241. The number of hydrogen-bond donors (Lipinski definition) is 1. The largest absolute Gasteiger partial charge is 0.345 e. The van der Waals surface area contributed by atoms with Gasteiger partial charge in [-0.2, -0.15) is 0 Å². The summed E-state index contributed by atoms with van der Waals surface area (Å²) in [5.74, 6) is 0.0461. The lowest BCUT2D eigenvalue weighted by atomic mass is 10.0. The number of anilines is 1. The number of hydrogen-bond acceptors (Lipinski definition) is 5. The van der Waals surface area contributed by atoms with Gasteiger partial charge in [-0.15, -0.1) is 10.2 Å². The van der Waals surface area contributed by atoms with Crippen LogP contribution in [0.5, 0.6) is 0 Å². The fourth-order valence-electron chi connectivity index (χ4n) is 4.50. The summed E-state index contributed by atoms with van der Waals surface area (Å²) in [6, 6.07) is 19.5. The van der Waals surface area contributed by atoms with Crippen molar-refractivity contribution in [1.82, 2.24) is 20.1 Å². The molecule has 0 aliphatic carbocycles. The lowest BCUT2D eigenvalue weighted by Crippen LogP contribution is -2.36. The summed E-state index contributed by atoms with van der Waals surface area (Å²) >= 11 is 1.27. The van der Waals surface area contributed by atoms with Crippen molar-refractivity contribution >= 4 is 29.3 Å². The minimum Gasteiger partial charge on any atom is -0.345 e. The Balaban J connectivity index is 1.35. The number of nitrogens with zero attached hydrogens (tertiary/aromatic N) is 4. The molecule has 7 nitrogen and oxygen atoms in total. The van der Waals surface area contributed by atoms with Crippen molar-refractivity contribution in [1.29, 1.82) is 0 Å². The van der Waals surface area contributed by atoms with E-state index in [2.05, 4.69) is 21.6 Å². The van der Waals surface area contributed by atoms with E-state index >= 15 is 0 Å². The van der Waals surface area contributed by atoms with E-state index in [4.69, 9.17) is 0 Å². The predicted octanol–water partition coefficient (Wildman–Crippen LogP) is 5.02. The molecule has 5 rings (SSSR count). The third-order valence-corrected chi connectivity index (χ3v) is 7.61. The van der Waals surface area contributed by atoms with Gasteiger partial charge in [0.15, 0.2) is 11.0 Å². The van der Waals surface area contributed by atoms with Crippen LogP contribution in [0.15, 0.2) is 71.9 Å². The first kappa shape index (κ1) is 25.7. The van der Waals surface area contributed by atoms with Gasteiger partial charge in [-0.3, -0.25) is 14.2 Å². The van der Waals surface area contributed by atoms with Crippen molar-refractivity contribution in [2.75, 3.05) is 17.2 Å². The second-order valence-electron chi connectivity index (χ2n) is 9.26. The number of aryl methyl sites for hydroxylation is 3. The van der Waals surface area contributed by atoms with Crippen LogP contribution in [0.4, 0.5) is 10.1 Å². The highest BCUT2D eigenvalue weighted by molar-refractivity contribution is 7.99. The van der Waals surface area contributed by atoms with Gasteiger partial charge in [0.25, 0.3) is 5.91 Å². The van der Waals surface area contributed by atoms with Crippen molar-refractivity contribution in [2.24, 2.45) is 0 Å². The minimum absolute atomic E-state index is 0.0135. The predicted molar refractivity (Wildman–Crippen MR) is 146 cm³/mol. The molecular formula is C29H28FN5O2S. The molecule has 0 atom stereocenters. The Hall–Kier alpha value is -3.98. The Kier molecular flexibility index (Phi) is 7.55. The Morgan fingerprint density at radius 3 is 2.58 bits per heavy atom. The van der Waals surface area contributed by atoms with Crippen molar-refractivity contribution < 1.29 is 14.0 Å². The number of carbonyl (C=O) groups is 2. The quantitative estimate of drug-likeness (QED) is 0.340. The van der Waals surface area contributed by atoms with Crippen molar-refractivity contribution in [3.05, 3.63) is 101 Å². The molecule has 1 N–H and O–H groups in total. The highest BCUT2D eigenvalue weighted by Gasteiger charge is 2.24. The number of nitrogens with one attached hydrogen (secondary N) is 1. The number of fused-ring (bicyclic) bond motifs is 1. The van der Waals surface area contributed by atoms with E-state index in [-0.39, 0.29) is 29.9 Å². The summed E-state index contributed by atoms with van der Waals surface area (Å²) in [6.45, 7) is 4.75.